The summed E-state index contributed by atoms with van der Waals surface area (Å²) >= 11 is 1.15. The van der Waals surface area contributed by atoms with Gasteiger partial charge in [-0.2, -0.15) is 4.98 Å². The molecule has 0 aliphatic heterocycles. The average molecular weight is 328 g/mol. The van der Waals surface area contributed by atoms with Gasteiger partial charge in [-0.25, -0.2) is 13.1 Å². The quantitative estimate of drug-likeness (QED) is 0.856. The summed E-state index contributed by atoms with van der Waals surface area (Å²) in [5.74, 6) is 0.687. The molecule has 0 bridgehead atoms. The Hall–Kier alpha value is -1.29. The summed E-state index contributed by atoms with van der Waals surface area (Å²) in [5, 5.41) is 5.60. The van der Waals surface area contributed by atoms with E-state index < -0.39 is 15.6 Å². The lowest BCUT2D eigenvalue weighted by molar-refractivity contribution is 0.347. The van der Waals surface area contributed by atoms with E-state index >= 15 is 0 Å². The van der Waals surface area contributed by atoms with Crippen LogP contribution in [0.2, 0.25) is 0 Å². The fourth-order valence-electron chi connectivity index (χ4n) is 2.40. The SMILES string of the molecule is NC1(c2noc(CNS(=O)(=O)c3cccs3)n2)CCCC1. The normalized spacial score (nSPS) is 18.1. The number of thiophene rings is 1. The molecule has 0 spiro atoms. The number of nitrogens with one attached hydrogen (secondary N) is 1. The first-order valence-electron chi connectivity index (χ1n) is 6.65. The molecule has 1 aliphatic rings. The van der Waals surface area contributed by atoms with Gasteiger partial charge in [0.2, 0.25) is 5.89 Å². The van der Waals surface area contributed by atoms with Crippen LogP contribution in [0.3, 0.4) is 0 Å². The summed E-state index contributed by atoms with van der Waals surface area (Å²) in [6, 6.07) is 3.22. The number of sulfonamides is 1. The second-order valence-corrected chi connectivity index (χ2v) is 8.07. The van der Waals surface area contributed by atoms with Gasteiger partial charge in [-0.1, -0.05) is 24.1 Å². The number of hydrogen-bond acceptors (Lipinski definition) is 7. The number of hydrogen-bond donors (Lipinski definition) is 2. The molecular weight excluding hydrogens is 312 g/mol. The molecule has 1 fully saturated rings. The molecule has 21 heavy (non-hydrogen) atoms. The lowest BCUT2D eigenvalue weighted by atomic mass is 9.99. The number of aromatic nitrogens is 2. The molecule has 0 aromatic carbocycles. The van der Waals surface area contributed by atoms with Crippen molar-refractivity contribution < 1.29 is 12.9 Å². The molecule has 0 radical (unpaired) electrons. The zero-order chi connectivity index (χ0) is 14.9. The van der Waals surface area contributed by atoms with Crippen LogP contribution in [-0.4, -0.2) is 18.6 Å². The molecule has 3 N–H and O–H groups in total. The molecule has 0 unspecified atom stereocenters. The fraction of sp³-hybridized carbons (Fsp3) is 0.500. The van der Waals surface area contributed by atoms with Crippen molar-refractivity contribution in [2.75, 3.05) is 0 Å². The van der Waals surface area contributed by atoms with Crippen LogP contribution in [0.5, 0.6) is 0 Å². The van der Waals surface area contributed by atoms with Gasteiger partial charge in [0.25, 0.3) is 10.0 Å². The van der Waals surface area contributed by atoms with Crippen molar-refractivity contribution in [2.45, 2.75) is 42.0 Å². The van der Waals surface area contributed by atoms with E-state index in [0.29, 0.717) is 5.82 Å². The summed E-state index contributed by atoms with van der Waals surface area (Å²) in [6.07, 6.45) is 3.75. The smallest absolute Gasteiger partial charge is 0.250 e. The standard InChI is InChI=1S/C12H16N4O3S2/c13-12(5-1-2-6-12)11-15-9(19-16-11)8-14-21(17,18)10-4-3-7-20-10/h3-4,7,14H,1-2,5-6,8,13H2. The van der Waals surface area contributed by atoms with Crippen molar-refractivity contribution in [3.05, 3.63) is 29.2 Å². The molecule has 9 heteroatoms. The first kappa shape index (κ1) is 14.6. The van der Waals surface area contributed by atoms with Gasteiger partial charge in [0.1, 0.15) is 4.21 Å². The lowest BCUT2D eigenvalue weighted by Crippen LogP contribution is -2.34. The third-order valence-electron chi connectivity index (χ3n) is 3.58. The van der Waals surface area contributed by atoms with Crippen molar-refractivity contribution >= 4 is 21.4 Å². The topological polar surface area (TPSA) is 111 Å². The summed E-state index contributed by atoms with van der Waals surface area (Å²) < 4.78 is 31.7. The minimum Gasteiger partial charge on any atom is -0.338 e. The minimum absolute atomic E-state index is 0.0384. The average Bonchev–Trinajstić information content (AvgIpc) is 3.18. The monoisotopic (exact) mass is 328 g/mol. The van der Waals surface area contributed by atoms with E-state index in [9.17, 15) is 8.42 Å². The van der Waals surface area contributed by atoms with Gasteiger partial charge in [-0.15, -0.1) is 11.3 Å². The first-order valence-corrected chi connectivity index (χ1v) is 9.01. The molecule has 0 saturated heterocycles. The van der Waals surface area contributed by atoms with Gasteiger partial charge in [-0.3, -0.25) is 0 Å². The van der Waals surface area contributed by atoms with Crippen molar-refractivity contribution in [3.63, 3.8) is 0 Å². The van der Waals surface area contributed by atoms with E-state index in [1.165, 1.54) is 0 Å². The van der Waals surface area contributed by atoms with Gasteiger partial charge in [0, 0.05) is 0 Å². The van der Waals surface area contributed by atoms with E-state index in [2.05, 4.69) is 14.9 Å². The van der Waals surface area contributed by atoms with E-state index in [0.717, 1.165) is 37.0 Å². The highest BCUT2D eigenvalue weighted by Gasteiger charge is 2.36. The van der Waals surface area contributed by atoms with Crippen LogP contribution in [0.25, 0.3) is 0 Å². The van der Waals surface area contributed by atoms with Crippen LogP contribution in [0.1, 0.15) is 37.4 Å². The predicted molar refractivity (Wildman–Crippen MR) is 77.0 cm³/mol. The summed E-state index contributed by atoms with van der Waals surface area (Å²) in [5.41, 5.74) is 5.70. The summed E-state index contributed by atoms with van der Waals surface area (Å²) in [4.78, 5) is 4.22. The molecule has 3 rings (SSSR count). The van der Waals surface area contributed by atoms with Crippen molar-refractivity contribution in [3.8, 4) is 0 Å². The Morgan fingerprint density at radius 2 is 2.19 bits per heavy atom. The predicted octanol–water partition coefficient (Wildman–Crippen LogP) is 1.34. The minimum atomic E-state index is -3.53. The highest BCUT2D eigenvalue weighted by molar-refractivity contribution is 7.91. The first-order chi connectivity index (χ1) is 10.00. The Kier molecular flexibility index (Phi) is 3.82. The Labute approximate surface area is 126 Å². The fourth-order valence-corrected chi connectivity index (χ4v) is 4.41. The Bertz CT molecular complexity index is 703. The zero-order valence-electron chi connectivity index (χ0n) is 11.3. The molecule has 2 aromatic rings. The van der Waals surface area contributed by atoms with Crippen LogP contribution < -0.4 is 10.5 Å². The van der Waals surface area contributed by atoms with Gasteiger partial charge in [0.15, 0.2) is 5.82 Å². The van der Waals surface area contributed by atoms with E-state index in [4.69, 9.17) is 10.3 Å². The molecule has 1 saturated carbocycles. The van der Waals surface area contributed by atoms with Gasteiger partial charge in [-0.05, 0) is 24.3 Å². The highest BCUT2D eigenvalue weighted by atomic mass is 32.2. The van der Waals surface area contributed by atoms with E-state index in [1.807, 2.05) is 0 Å². The van der Waals surface area contributed by atoms with Crippen molar-refractivity contribution in [1.82, 2.24) is 14.9 Å². The number of nitrogens with two attached hydrogens (primary N) is 1. The summed E-state index contributed by atoms with van der Waals surface area (Å²) in [7, 11) is -3.53. The van der Waals surface area contributed by atoms with Gasteiger partial charge < -0.3 is 10.3 Å². The van der Waals surface area contributed by atoms with E-state index in [1.54, 1.807) is 17.5 Å². The Morgan fingerprint density at radius 1 is 1.43 bits per heavy atom. The Balaban J connectivity index is 1.68. The maximum atomic E-state index is 12.0. The lowest BCUT2D eigenvalue weighted by Gasteiger charge is -2.17. The van der Waals surface area contributed by atoms with Crippen molar-refractivity contribution in [2.24, 2.45) is 5.73 Å². The molecule has 1 aliphatic carbocycles. The molecule has 0 amide bonds. The highest BCUT2D eigenvalue weighted by Crippen LogP contribution is 2.34. The van der Waals surface area contributed by atoms with Gasteiger partial charge >= 0.3 is 0 Å². The largest absolute Gasteiger partial charge is 0.338 e. The number of nitrogens with zero attached hydrogens (tertiary/aromatic N) is 2. The zero-order valence-corrected chi connectivity index (χ0v) is 12.9. The maximum absolute atomic E-state index is 12.0. The molecule has 2 heterocycles. The summed E-state index contributed by atoms with van der Waals surface area (Å²) in [6.45, 7) is -0.0384. The maximum Gasteiger partial charge on any atom is 0.250 e. The second kappa shape index (κ2) is 5.48. The van der Waals surface area contributed by atoms with Crippen LogP contribution in [0, 0.1) is 0 Å². The third kappa shape index (κ3) is 3.00. The van der Waals surface area contributed by atoms with Crippen LogP contribution >= 0.6 is 11.3 Å². The molecule has 7 nitrogen and oxygen atoms in total. The van der Waals surface area contributed by atoms with Crippen LogP contribution in [0.4, 0.5) is 0 Å². The number of rotatable bonds is 5. The second-order valence-electron chi connectivity index (χ2n) is 5.13. The van der Waals surface area contributed by atoms with Crippen molar-refractivity contribution in [1.29, 1.82) is 0 Å². The van der Waals surface area contributed by atoms with Crippen LogP contribution in [0.15, 0.2) is 26.2 Å². The molecule has 2 aromatic heterocycles. The van der Waals surface area contributed by atoms with Crippen LogP contribution in [-0.2, 0) is 22.1 Å². The third-order valence-corrected chi connectivity index (χ3v) is 6.38. The molecule has 114 valence electrons. The van der Waals surface area contributed by atoms with Gasteiger partial charge in [0.05, 0.1) is 12.1 Å². The molecule has 0 atom stereocenters. The molecular formula is C12H16N4O3S2. The van der Waals surface area contributed by atoms with E-state index in [-0.39, 0.29) is 16.6 Å². The Morgan fingerprint density at radius 3 is 2.86 bits per heavy atom.